The minimum atomic E-state index is 0.197. The second kappa shape index (κ2) is 6.18. The van der Waals surface area contributed by atoms with Crippen LogP contribution in [0.25, 0.3) is 0 Å². The summed E-state index contributed by atoms with van der Waals surface area (Å²) in [5.74, 6) is 0.770. The van der Waals surface area contributed by atoms with Gasteiger partial charge in [0.25, 0.3) is 0 Å². The van der Waals surface area contributed by atoms with E-state index >= 15 is 0 Å². The molecule has 0 radical (unpaired) electrons. The molecule has 2 aliphatic carbocycles. The molecule has 1 N–H and O–H groups in total. The van der Waals surface area contributed by atoms with E-state index in [9.17, 15) is 4.79 Å². The Morgan fingerprint density at radius 3 is 2.38 bits per heavy atom. The first kappa shape index (κ1) is 14.6. The van der Waals surface area contributed by atoms with Crippen LogP contribution in [0.3, 0.4) is 0 Å². The first-order chi connectivity index (χ1) is 10.1. The molecule has 2 aliphatic rings. The molecule has 0 bridgehead atoms. The number of amides is 1. The van der Waals surface area contributed by atoms with Crippen molar-refractivity contribution in [2.75, 3.05) is 6.54 Å². The van der Waals surface area contributed by atoms with Crippen molar-refractivity contribution in [3.8, 4) is 0 Å². The normalized spacial score (nSPS) is 18.3. The van der Waals surface area contributed by atoms with E-state index in [2.05, 4.69) is 48.3 Å². The summed E-state index contributed by atoms with van der Waals surface area (Å²) in [6.45, 7) is 5.87. The molecule has 3 heteroatoms. The summed E-state index contributed by atoms with van der Waals surface area (Å²) in [6, 6.07) is 9.93. The van der Waals surface area contributed by atoms with Gasteiger partial charge in [0.05, 0.1) is 6.54 Å². The molecule has 2 saturated carbocycles. The number of nitrogens with one attached hydrogen (secondary N) is 1. The lowest BCUT2D eigenvalue weighted by Crippen LogP contribution is -2.38. The zero-order chi connectivity index (χ0) is 14.8. The lowest BCUT2D eigenvalue weighted by Gasteiger charge is -2.21. The quantitative estimate of drug-likeness (QED) is 0.835. The number of hydrogen-bond donors (Lipinski definition) is 1. The lowest BCUT2D eigenvalue weighted by atomic mass is 10.0. The van der Waals surface area contributed by atoms with Gasteiger partial charge in [0.1, 0.15) is 0 Å². The minimum absolute atomic E-state index is 0.197. The third kappa shape index (κ3) is 4.31. The first-order valence-corrected chi connectivity index (χ1v) is 8.24. The molecule has 0 saturated heterocycles. The van der Waals surface area contributed by atoms with Crippen LogP contribution in [-0.4, -0.2) is 29.4 Å². The van der Waals surface area contributed by atoms with Crippen LogP contribution in [0.15, 0.2) is 24.3 Å². The fourth-order valence-corrected chi connectivity index (χ4v) is 2.68. The SMILES string of the molecule is CC(C)c1ccc(CN(CC(=O)NC2CC2)C2CC2)cc1. The van der Waals surface area contributed by atoms with Crippen LogP contribution in [0, 0.1) is 0 Å². The Bertz CT molecular complexity index is 486. The maximum atomic E-state index is 12.0. The van der Waals surface area contributed by atoms with Crippen molar-refractivity contribution >= 4 is 5.91 Å². The van der Waals surface area contributed by atoms with Gasteiger partial charge in [-0.3, -0.25) is 9.69 Å². The Morgan fingerprint density at radius 2 is 1.86 bits per heavy atom. The summed E-state index contributed by atoms with van der Waals surface area (Å²) in [5.41, 5.74) is 2.69. The van der Waals surface area contributed by atoms with E-state index in [0.29, 0.717) is 24.5 Å². The molecular formula is C18H26N2O. The first-order valence-electron chi connectivity index (χ1n) is 8.24. The van der Waals surface area contributed by atoms with Crippen molar-refractivity contribution in [1.29, 1.82) is 0 Å². The Hall–Kier alpha value is -1.35. The van der Waals surface area contributed by atoms with Gasteiger partial charge in [-0.15, -0.1) is 0 Å². The standard InChI is InChI=1S/C18H26N2O/c1-13(2)15-5-3-14(4-6-15)11-20(17-9-10-17)12-18(21)19-16-7-8-16/h3-6,13,16-17H,7-12H2,1-2H3,(H,19,21). The number of rotatable bonds is 7. The average molecular weight is 286 g/mol. The highest BCUT2D eigenvalue weighted by molar-refractivity contribution is 5.78. The molecule has 2 fully saturated rings. The monoisotopic (exact) mass is 286 g/mol. The molecule has 3 rings (SSSR count). The zero-order valence-corrected chi connectivity index (χ0v) is 13.1. The van der Waals surface area contributed by atoms with Crippen LogP contribution < -0.4 is 5.32 Å². The van der Waals surface area contributed by atoms with E-state index < -0.39 is 0 Å². The van der Waals surface area contributed by atoms with Crippen LogP contribution >= 0.6 is 0 Å². The van der Waals surface area contributed by atoms with Gasteiger partial charge in [-0.05, 0) is 42.7 Å². The largest absolute Gasteiger partial charge is 0.352 e. The van der Waals surface area contributed by atoms with Gasteiger partial charge < -0.3 is 5.32 Å². The van der Waals surface area contributed by atoms with Crippen LogP contribution in [0.2, 0.25) is 0 Å². The second-order valence-electron chi connectivity index (χ2n) is 6.87. The Morgan fingerprint density at radius 1 is 1.19 bits per heavy atom. The Balaban J connectivity index is 1.57. The molecule has 0 aromatic heterocycles. The summed E-state index contributed by atoms with van der Waals surface area (Å²) in [4.78, 5) is 14.4. The van der Waals surface area contributed by atoms with E-state index in [1.807, 2.05) is 0 Å². The summed E-state index contributed by atoms with van der Waals surface area (Å²) >= 11 is 0. The molecule has 114 valence electrons. The highest BCUT2D eigenvalue weighted by Gasteiger charge is 2.31. The van der Waals surface area contributed by atoms with Crippen molar-refractivity contribution in [3.63, 3.8) is 0 Å². The lowest BCUT2D eigenvalue weighted by molar-refractivity contribution is -0.122. The fourth-order valence-electron chi connectivity index (χ4n) is 2.68. The molecule has 0 aliphatic heterocycles. The number of hydrogen-bond acceptors (Lipinski definition) is 2. The Labute approximate surface area is 127 Å². The molecule has 1 amide bonds. The molecule has 0 unspecified atom stereocenters. The van der Waals surface area contributed by atoms with Gasteiger partial charge in [-0.25, -0.2) is 0 Å². The van der Waals surface area contributed by atoms with Gasteiger partial charge in [0.15, 0.2) is 0 Å². The van der Waals surface area contributed by atoms with E-state index in [0.717, 1.165) is 19.4 Å². The number of nitrogens with zero attached hydrogens (tertiary/aromatic N) is 1. The van der Waals surface area contributed by atoms with Gasteiger partial charge in [-0.1, -0.05) is 38.1 Å². The molecule has 0 heterocycles. The van der Waals surface area contributed by atoms with Crippen LogP contribution in [0.4, 0.5) is 0 Å². The van der Waals surface area contributed by atoms with E-state index in [1.165, 1.54) is 24.0 Å². The average Bonchev–Trinajstić information content (AvgIpc) is 3.32. The highest BCUT2D eigenvalue weighted by Crippen LogP contribution is 2.28. The summed E-state index contributed by atoms with van der Waals surface area (Å²) in [5, 5.41) is 3.10. The van der Waals surface area contributed by atoms with Crippen molar-refractivity contribution in [1.82, 2.24) is 10.2 Å². The minimum Gasteiger partial charge on any atom is -0.352 e. The molecule has 1 aromatic carbocycles. The van der Waals surface area contributed by atoms with E-state index in [1.54, 1.807) is 0 Å². The predicted molar refractivity (Wildman–Crippen MR) is 85.1 cm³/mol. The molecule has 0 spiro atoms. The smallest absolute Gasteiger partial charge is 0.234 e. The molecular weight excluding hydrogens is 260 g/mol. The second-order valence-corrected chi connectivity index (χ2v) is 6.87. The predicted octanol–water partition coefficient (Wildman–Crippen LogP) is 3.05. The van der Waals surface area contributed by atoms with E-state index in [-0.39, 0.29) is 5.91 Å². The summed E-state index contributed by atoms with van der Waals surface area (Å²) in [7, 11) is 0. The number of benzene rings is 1. The van der Waals surface area contributed by atoms with Gasteiger partial charge in [-0.2, -0.15) is 0 Å². The fraction of sp³-hybridized carbons (Fsp3) is 0.611. The topological polar surface area (TPSA) is 32.3 Å². The summed E-state index contributed by atoms with van der Waals surface area (Å²) in [6.07, 6.45) is 4.79. The van der Waals surface area contributed by atoms with Crippen molar-refractivity contribution in [2.45, 2.75) is 64.1 Å². The number of carbonyl (C=O) groups is 1. The van der Waals surface area contributed by atoms with Gasteiger partial charge in [0.2, 0.25) is 5.91 Å². The van der Waals surface area contributed by atoms with Crippen LogP contribution in [0.5, 0.6) is 0 Å². The Kier molecular flexibility index (Phi) is 4.29. The molecule has 3 nitrogen and oxygen atoms in total. The van der Waals surface area contributed by atoms with Gasteiger partial charge >= 0.3 is 0 Å². The van der Waals surface area contributed by atoms with Crippen molar-refractivity contribution < 1.29 is 4.79 Å². The maximum absolute atomic E-state index is 12.0. The van der Waals surface area contributed by atoms with Crippen molar-refractivity contribution in [3.05, 3.63) is 35.4 Å². The molecule has 21 heavy (non-hydrogen) atoms. The molecule has 1 aromatic rings. The zero-order valence-electron chi connectivity index (χ0n) is 13.1. The van der Waals surface area contributed by atoms with Gasteiger partial charge in [0, 0.05) is 18.6 Å². The summed E-state index contributed by atoms with van der Waals surface area (Å²) < 4.78 is 0. The van der Waals surface area contributed by atoms with Crippen LogP contribution in [-0.2, 0) is 11.3 Å². The maximum Gasteiger partial charge on any atom is 0.234 e. The third-order valence-electron chi connectivity index (χ3n) is 4.38. The van der Waals surface area contributed by atoms with Crippen molar-refractivity contribution in [2.24, 2.45) is 0 Å². The van der Waals surface area contributed by atoms with Crippen LogP contribution in [0.1, 0.15) is 56.6 Å². The third-order valence-corrected chi connectivity index (χ3v) is 4.38. The molecule has 0 atom stereocenters. The highest BCUT2D eigenvalue weighted by atomic mass is 16.2. The number of carbonyl (C=O) groups excluding carboxylic acids is 1. The van der Waals surface area contributed by atoms with E-state index in [4.69, 9.17) is 0 Å².